The maximum Gasteiger partial charge on any atom is 0.0748 e. The van der Waals surface area contributed by atoms with Gasteiger partial charge in [-0.15, -0.1) is 0 Å². The number of aliphatic hydroxyl groups is 2. The highest BCUT2D eigenvalue weighted by Crippen LogP contribution is 2.48. The molecule has 0 aromatic rings. The molecule has 1 unspecified atom stereocenters. The van der Waals surface area contributed by atoms with Crippen molar-refractivity contribution in [2.75, 3.05) is 19.8 Å². The van der Waals surface area contributed by atoms with Crippen LogP contribution in [0.1, 0.15) is 32.1 Å². The van der Waals surface area contributed by atoms with Crippen molar-refractivity contribution in [1.29, 1.82) is 0 Å². The summed E-state index contributed by atoms with van der Waals surface area (Å²) in [6.07, 6.45) is 4.63. The molecule has 1 heterocycles. The van der Waals surface area contributed by atoms with E-state index in [1.807, 2.05) is 0 Å². The fraction of sp³-hybridized carbons (Fsp3) is 1.00. The molecular formula is C10H18O3. The van der Waals surface area contributed by atoms with Gasteiger partial charge in [0.25, 0.3) is 0 Å². The van der Waals surface area contributed by atoms with E-state index in [0.29, 0.717) is 13.2 Å². The fourth-order valence-electron chi connectivity index (χ4n) is 2.74. The van der Waals surface area contributed by atoms with Crippen molar-refractivity contribution in [2.24, 2.45) is 5.41 Å². The summed E-state index contributed by atoms with van der Waals surface area (Å²) >= 11 is 0. The molecule has 0 aromatic carbocycles. The predicted molar refractivity (Wildman–Crippen MR) is 48.4 cm³/mol. The molecule has 3 nitrogen and oxygen atoms in total. The van der Waals surface area contributed by atoms with Crippen molar-refractivity contribution >= 4 is 0 Å². The highest BCUT2D eigenvalue weighted by atomic mass is 16.5. The van der Waals surface area contributed by atoms with Crippen molar-refractivity contribution in [3.63, 3.8) is 0 Å². The van der Waals surface area contributed by atoms with E-state index in [0.717, 1.165) is 32.1 Å². The van der Waals surface area contributed by atoms with Crippen molar-refractivity contribution in [1.82, 2.24) is 0 Å². The maximum absolute atomic E-state index is 10.4. The molecule has 76 valence electrons. The van der Waals surface area contributed by atoms with E-state index in [2.05, 4.69) is 0 Å². The third kappa shape index (κ3) is 1.30. The average molecular weight is 186 g/mol. The Hall–Kier alpha value is -0.120. The fourth-order valence-corrected chi connectivity index (χ4v) is 2.74. The van der Waals surface area contributed by atoms with Gasteiger partial charge in [0.1, 0.15) is 0 Å². The second-order valence-corrected chi connectivity index (χ2v) is 4.48. The lowest BCUT2D eigenvalue weighted by Gasteiger charge is -2.40. The highest BCUT2D eigenvalue weighted by Gasteiger charge is 2.53. The van der Waals surface area contributed by atoms with Crippen LogP contribution in [0.2, 0.25) is 0 Å². The molecule has 0 aromatic heterocycles. The lowest BCUT2D eigenvalue weighted by atomic mass is 9.70. The minimum absolute atomic E-state index is 0.0590. The first-order chi connectivity index (χ1) is 6.22. The Morgan fingerprint density at radius 1 is 1.15 bits per heavy atom. The molecule has 0 spiro atoms. The Balaban J connectivity index is 2.18. The van der Waals surface area contributed by atoms with Crippen molar-refractivity contribution in [2.45, 2.75) is 37.7 Å². The monoisotopic (exact) mass is 186 g/mol. The first-order valence-electron chi connectivity index (χ1n) is 5.13. The zero-order valence-corrected chi connectivity index (χ0v) is 7.96. The largest absolute Gasteiger partial charge is 0.396 e. The van der Waals surface area contributed by atoms with Crippen LogP contribution in [0.4, 0.5) is 0 Å². The van der Waals surface area contributed by atoms with Crippen LogP contribution in [0.3, 0.4) is 0 Å². The smallest absolute Gasteiger partial charge is 0.0748 e. The molecule has 13 heavy (non-hydrogen) atoms. The van der Waals surface area contributed by atoms with Crippen LogP contribution in [0.5, 0.6) is 0 Å². The van der Waals surface area contributed by atoms with Crippen LogP contribution < -0.4 is 0 Å². The molecule has 0 bridgehead atoms. The third-order valence-electron chi connectivity index (χ3n) is 3.82. The van der Waals surface area contributed by atoms with Crippen LogP contribution >= 0.6 is 0 Å². The second kappa shape index (κ2) is 3.23. The summed E-state index contributed by atoms with van der Waals surface area (Å²) in [6, 6.07) is 0. The van der Waals surface area contributed by atoms with Gasteiger partial charge in [-0.1, -0.05) is 12.8 Å². The van der Waals surface area contributed by atoms with E-state index in [9.17, 15) is 10.2 Å². The average Bonchev–Trinajstić information content (AvgIpc) is 2.73. The summed E-state index contributed by atoms with van der Waals surface area (Å²) in [5.41, 5.74) is -1.01. The molecule has 1 aliphatic carbocycles. The number of rotatable bonds is 2. The van der Waals surface area contributed by atoms with E-state index >= 15 is 0 Å². The van der Waals surface area contributed by atoms with Gasteiger partial charge in [-0.25, -0.2) is 0 Å². The first-order valence-corrected chi connectivity index (χ1v) is 5.13. The van der Waals surface area contributed by atoms with Crippen molar-refractivity contribution < 1.29 is 14.9 Å². The molecule has 1 atom stereocenters. The normalized spacial score (nSPS) is 38.3. The first kappa shape index (κ1) is 9.44. The number of ether oxygens (including phenoxy) is 1. The van der Waals surface area contributed by atoms with Gasteiger partial charge in [0.2, 0.25) is 0 Å². The molecule has 1 saturated heterocycles. The summed E-state index contributed by atoms with van der Waals surface area (Å²) in [5, 5.41) is 19.8. The SMILES string of the molecule is OCC1(C2(O)CCCC2)CCOC1. The quantitative estimate of drug-likeness (QED) is 0.667. The summed E-state index contributed by atoms with van der Waals surface area (Å²) in [7, 11) is 0. The molecular weight excluding hydrogens is 168 g/mol. The van der Waals surface area contributed by atoms with Gasteiger partial charge < -0.3 is 14.9 Å². The van der Waals surface area contributed by atoms with Crippen LogP contribution in [0.15, 0.2) is 0 Å². The van der Waals surface area contributed by atoms with Gasteiger partial charge in [0.15, 0.2) is 0 Å². The van der Waals surface area contributed by atoms with E-state index in [4.69, 9.17) is 4.74 Å². The molecule has 1 saturated carbocycles. The van der Waals surface area contributed by atoms with Gasteiger partial charge in [-0.2, -0.15) is 0 Å². The van der Waals surface area contributed by atoms with Crippen LogP contribution in [0.25, 0.3) is 0 Å². The summed E-state index contributed by atoms with van der Waals surface area (Å²) in [6.45, 7) is 1.27. The van der Waals surface area contributed by atoms with E-state index in [-0.39, 0.29) is 12.0 Å². The third-order valence-corrected chi connectivity index (χ3v) is 3.82. The summed E-state index contributed by atoms with van der Waals surface area (Å²) in [5.74, 6) is 0. The molecule has 0 amide bonds. The molecule has 2 aliphatic rings. The van der Waals surface area contributed by atoms with Gasteiger partial charge in [-0.05, 0) is 19.3 Å². The summed E-state index contributed by atoms with van der Waals surface area (Å²) < 4.78 is 5.31. The van der Waals surface area contributed by atoms with Crippen LogP contribution in [-0.2, 0) is 4.74 Å². The Morgan fingerprint density at radius 2 is 1.85 bits per heavy atom. The van der Waals surface area contributed by atoms with Crippen LogP contribution in [0, 0.1) is 5.41 Å². The topological polar surface area (TPSA) is 49.7 Å². The number of aliphatic hydroxyl groups excluding tert-OH is 1. The Bertz CT molecular complexity index is 179. The van der Waals surface area contributed by atoms with Gasteiger partial charge in [0.05, 0.1) is 18.8 Å². The Labute approximate surface area is 78.7 Å². The minimum Gasteiger partial charge on any atom is -0.396 e. The maximum atomic E-state index is 10.4. The molecule has 3 heteroatoms. The standard InChI is InChI=1S/C10H18O3/c11-7-9(5-6-13-8-9)10(12)3-1-2-4-10/h11-12H,1-8H2. The zero-order chi connectivity index (χ0) is 9.36. The Morgan fingerprint density at radius 3 is 2.31 bits per heavy atom. The van der Waals surface area contributed by atoms with Crippen LogP contribution in [-0.4, -0.2) is 35.6 Å². The van der Waals surface area contributed by atoms with E-state index in [1.165, 1.54) is 0 Å². The van der Waals surface area contributed by atoms with Crippen molar-refractivity contribution in [3.8, 4) is 0 Å². The van der Waals surface area contributed by atoms with E-state index in [1.54, 1.807) is 0 Å². The molecule has 1 aliphatic heterocycles. The van der Waals surface area contributed by atoms with Gasteiger partial charge in [-0.3, -0.25) is 0 Å². The summed E-state index contributed by atoms with van der Waals surface area (Å²) in [4.78, 5) is 0. The minimum atomic E-state index is -0.655. The van der Waals surface area contributed by atoms with Gasteiger partial charge in [0, 0.05) is 12.0 Å². The van der Waals surface area contributed by atoms with E-state index < -0.39 is 5.60 Å². The highest BCUT2D eigenvalue weighted by molar-refractivity contribution is 5.03. The number of hydrogen-bond donors (Lipinski definition) is 2. The lowest BCUT2D eigenvalue weighted by Crippen LogP contribution is -2.49. The Kier molecular flexibility index (Phi) is 2.34. The number of hydrogen-bond acceptors (Lipinski definition) is 3. The van der Waals surface area contributed by atoms with Crippen molar-refractivity contribution in [3.05, 3.63) is 0 Å². The molecule has 2 N–H and O–H groups in total. The second-order valence-electron chi connectivity index (χ2n) is 4.48. The molecule has 2 fully saturated rings. The predicted octanol–water partition coefficient (Wildman–Crippen LogP) is 0.690. The molecule has 2 rings (SSSR count). The zero-order valence-electron chi connectivity index (χ0n) is 7.96. The molecule has 0 radical (unpaired) electrons. The lowest BCUT2D eigenvalue weighted by molar-refractivity contribution is -0.106. The van der Waals surface area contributed by atoms with Gasteiger partial charge >= 0.3 is 0 Å².